The van der Waals surface area contributed by atoms with Gasteiger partial charge in [0.1, 0.15) is 0 Å². The minimum Gasteiger partial charge on any atom is -0.494 e. The Morgan fingerprint density at radius 2 is 2.00 bits per heavy atom. The van der Waals surface area contributed by atoms with Gasteiger partial charge < -0.3 is 19.1 Å². The number of halogens is 1. The largest absolute Gasteiger partial charge is 0.494 e. The number of nitrogens with zero attached hydrogens (tertiary/aromatic N) is 3. The number of rotatable bonds is 7. The number of nitrogens with one attached hydrogen (secondary N) is 1. The van der Waals surface area contributed by atoms with E-state index in [0.717, 1.165) is 65.5 Å². The third kappa shape index (κ3) is 3.79. The van der Waals surface area contributed by atoms with Crippen molar-refractivity contribution in [3.63, 3.8) is 0 Å². The predicted molar refractivity (Wildman–Crippen MR) is 137 cm³/mol. The Morgan fingerprint density at radius 1 is 1.22 bits per heavy atom. The molecular weight excluding hydrogens is 475 g/mol. The molecule has 2 aliphatic rings. The van der Waals surface area contributed by atoms with Crippen LogP contribution in [0.4, 0.5) is 4.39 Å². The van der Waals surface area contributed by atoms with Gasteiger partial charge in [-0.3, -0.25) is 9.89 Å². The molecule has 2 aliphatic carbocycles. The fraction of sp³-hybridized carbons (Fsp3) is 0.464. The van der Waals surface area contributed by atoms with E-state index >= 15 is 0 Å². The second-order valence-electron chi connectivity index (χ2n) is 10.5. The van der Waals surface area contributed by atoms with E-state index in [4.69, 9.17) is 14.5 Å². The molecule has 0 radical (unpaired) electrons. The molecule has 0 amide bonds. The number of carboxylic acid groups (broad SMARTS) is 1. The molecule has 2 N–H and O–H groups in total. The Labute approximate surface area is 213 Å². The molecule has 2 fully saturated rings. The Kier molecular flexibility index (Phi) is 5.90. The van der Waals surface area contributed by atoms with Crippen LogP contribution in [-0.2, 0) is 14.9 Å². The first-order chi connectivity index (χ1) is 18.0. The fourth-order valence-electron chi connectivity index (χ4n) is 6.51. The fourth-order valence-corrected chi connectivity index (χ4v) is 6.51. The van der Waals surface area contributed by atoms with E-state index < -0.39 is 11.8 Å². The molecule has 3 heterocycles. The van der Waals surface area contributed by atoms with Crippen molar-refractivity contribution in [2.45, 2.75) is 56.3 Å². The zero-order valence-electron chi connectivity index (χ0n) is 21.1. The topological polar surface area (TPSA) is 102 Å². The van der Waals surface area contributed by atoms with E-state index in [2.05, 4.69) is 20.8 Å². The highest BCUT2D eigenvalue weighted by molar-refractivity contribution is 5.94. The number of aromatic amines is 1. The maximum absolute atomic E-state index is 14.5. The van der Waals surface area contributed by atoms with E-state index in [9.17, 15) is 14.3 Å². The number of carboxylic acids is 1. The van der Waals surface area contributed by atoms with Crippen molar-refractivity contribution >= 4 is 28.0 Å². The predicted octanol–water partition coefficient (Wildman–Crippen LogP) is 5.48. The van der Waals surface area contributed by atoms with Gasteiger partial charge in [0.25, 0.3) is 0 Å². The molecule has 6 rings (SSSR count). The Hall–Kier alpha value is -3.46. The Bertz CT molecular complexity index is 1480. The van der Waals surface area contributed by atoms with Gasteiger partial charge in [-0.1, -0.05) is 6.42 Å². The molecule has 9 heteroatoms. The van der Waals surface area contributed by atoms with Crippen LogP contribution in [0, 0.1) is 11.7 Å². The van der Waals surface area contributed by atoms with Crippen LogP contribution in [0.15, 0.2) is 30.5 Å². The van der Waals surface area contributed by atoms with Crippen molar-refractivity contribution < 1.29 is 23.8 Å². The molecule has 37 heavy (non-hydrogen) atoms. The van der Waals surface area contributed by atoms with Crippen LogP contribution in [0.25, 0.3) is 27.8 Å². The smallest absolute Gasteiger partial charge is 0.306 e. The number of hydrogen-bond acceptors (Lipinski definition) is 5. The lowest BCUT2D eigenvalue weighted by atomic mass is 9.64. The number of aromatic nitrogens is 4. The number of aliphatic carboxylic acids is 1. The summed E-state index contributed by atoms with van der Waals surface area (Å²) in [5.41, 5.74) is 5.43. The third-order valence-corrected chi connectivity index (χ3v) is 8.49. The highest BCUT2D eigenvalue weighted by Crippen LogP contribution is 2.52. The van der Waals surface area contributed by atoms with Crippen LogP contribution in [0.1, 0.15) is 62.1 Å². The lowest BCUT2D eigenvalue weighted by molar-refractivity contribution is -0.142. The molecule has 0 unspecified atom stereocenters. The van der Waals surface area contributed by atoms with Crippen molar-refractivity contribution in [1.82, 2.24) is 19.7 Å². The molecule has 0 saturated heterocycles. The summed E-state index contributed by atoms with van der Waals surface area (Å²) in [7, 11) is 3.21. The Morgan fingerprint density at radius 3 is 2.65 bits per heavy atom. The van der Waals surface area contributed by atoms with Gasteiger partial charge in [-0.15, -0.1) is 0 Å². The minimum absolute atomic E-state index is 0.166. The summed E-state index contributed by atoms with van der Waals surface area (Å²) >= 11 is 0. The van der Waals surface area contributed by atoms with Crippen LogP contribution < -0.4 is 4.74 Å². The average molecular weight is 507 g/mol. The summed E-state index contributed by atoms with van der Waals surface area (Å²) in [6.45, 7) is 0.568. The molecule has 1 aromatic carbocycles. The normalized spacial score (nSPS) is 21.3. The second kappa shape index (κ2) is 9.13. The van der Waals surface area contributed by atoms with Crippen molar-refractivity contribution in [2.24, 2.45) is 5.92 Å². The van der Waals surface area contributed by atoms with Crippen molar-refractivity contribution in [3.8, 4) is 11.4 Å². The number of fused-ring (bicyclic) bond motifs is 2. The summed E-state index contributed by atoms with van der Waals surface area (Å²) in [5.74, 6) is -1.09. The molecule has 8 nitrogen and oxygen atoms in total. The third-order valence-electron chi connectivity index (χ3n) is 8.49. The number of carbonyl (C=O) groups is 1. The van der Waals surface area contributed by atoms with E-state index in [1.807, 2.05) is 0 Å². The second-order valence-corrected chi connectivity index (χ2v) is 10.5. The van der Waals surface area contributed by atoms with Gasteiger partial charge in [-0.05, 0) is 62.6 Å². The summed E-state index contributed by atoms with van der Waals surface area (Å²) in [6, 6.07) is 7.05. The van der Waals surface area contributed by atoms with E-state index in [0.29, 0.717) is 25.1 Å². The highest BCUT2D eigenvalue weighted by atomic mass is 19.1. The van der Waals surface area contributed by atoms with Gasteiger partial charge in [0.2, 0.25) is 0 Å². The number of ether oxygens (including phenoxy) is 2. The van der Waals surface area contributed by atoms with E-state index in [1.165, 1.54) is 13.2 Å². The standard InChI is InChI=1S/C28H31FN4O4/c1-36-15-28(10-3-11-28)25-23(16-4-6-17(7-5-16)27(34)35)24-21(12-18-14-30-32-26(18)31-24)33(25)19-8-9-20(29)22(13-19)37-2/h8-9,12-14,16-17H,3-7,10-11,15H2,1-2H3,(H,34,35)(H,30,31,32). The summed E-state index contributed by atoms with van der Waals surface area (Å²) in [5, 5.41) is 17.7. The van der Waals surface area contributed by atoms with Crippen LogP contribution in [0.3, 0.4) is 0 Å². The molecular formula is C28H31FN4O4. The molecule has 194 valence electrons. The number of benzene rings is 1. The number of methoxy groups -OCH3 is 2. The first kappa shape index (κ1) is 23.9. The van der Waals surface area contributed by atoms with E-state index in [1.54, 1.807) is 25.4 Å². The molecule has 4 aromatic rings. The zero-order valence-corrected chi connectivity index (χ0v) is 21.1. The van der Waals surface area contributed by atoms with Crippen LogP contribution in [0.5, 0.6) is 5.75 Å². The quantitative estimate of drug-likeness (QED) is 0.344. The molecule has 2 saturated carbocycles. The number of H-pyrrole nitrogens is 1. The first-order valence-corrected chi connectivity index (χ1v) is 12.9. The SMILES string of the molecule is COCC1(c2c(C3CCC(C(=O)O)CC3)c3nc4[nH]ncc4cc3n2-c2ccc(F)c(OC)c2)CCC1. The van der Waals surface area contributed by atoms with E-state index in [-0.39, 0.29) is 23.0 Å². The monoisotopic (exact) mass is 506 g/mol. The molecule has 0 atom stereocenters. The molecule has 0 spiro atoms. The van der Waals surface area contributed by atoms with Gasteiger partial charge in [-0.2, -0.15) is 5.10 Å². The molecule has 0 bridgehead atoms. The summed E-state index contributed by atoms with van der Waals surface area (Å²) in [6.07, 6.45) is 7.65. The maximum Gasteiger partial charge on any atom is 0.306 e. The lowest BCUT2D eigenvalue weighted by Crippen LogP contribution is -2.41. The first-order valence-electron chi connectivity index (χ1n) is 12.9. The maximum atomic E-state index is 14.5. The van der Waals surface area contributed by atoms with Gasteiger partial charge in [-0.25, -0.2) is 9.37 Å². The van der Waals surface area contributed by atoms with Crippen molar-refractivity contribution in [3.05, 3.63) is 47.5 Å². The summed E-state index contributed by atoms with van der Waals surface area (Å²) in [4.78, 5) is 16.7. The Balaban J connectivity index is 1.66. The average Bonchev–Trinajstić information content (AvgIpc) is 3.47. The van der Waals surface area contributed by atoms with Crippen LogP contribution in [-0.4, -0.2) is 51.7 Å². The summed E-state index contributed by atoms with van der Waals surface area (Å²) < 4.78 is 27.8. The zero-order chi connectivity index (χ0) is 25.7. The van der Waals surface area contributed by atoms with Crippen molar-refractivity contribution in [2.75, 3.05) is 20.8 Å². The van der Waals surface area contributed by atoms with Crippen LogP contribution in [0.2, 0.25) is 0 Å². The molecule has 0 aliphatic heterocycles. The van der Waals surface area contributed by atoms with Gasteiger partial charge in [0.05, 0.1) is 36.9 Å². The van der Waals surface area contributed by atoms with Gasteiger partial charge in [0, 0.05) is 40.9 Å². The van der Waals surface area contributed by atoms with Gasteiger partial charge in [0.15, 0.2) is 17.2 Å². The van der Waals surface area contributed by atoms with Gasteiger partial charge >= 0.3 is 5.97 Å². The highest BCUT2D eigenvalue weighted by Gasteiger charge is 2.46. The van der Waals surface area contributed by atoms with Crippen LogP contribution >= 0.6 is 0 Å². The number of hydrogen-bond donors (Lipinski definition) is 2. The molecule has 3 aromatic heterocycles. The number of pyridine rings is 1. The van der Waals surface area contributed by atoms with Crippen molar-refractivity contribution in [1.29, 1.82) is 0 Å². The lowest BCUT2D eigenvalue weighted by Gasteiger charge is -2.44. The minimum atomic E-state index is -0.716.